The molecule has 0 saturated heterocycles. The quantitative estimate of drug-likeness (QED) is 0.147. The third-order valence-electron chi connectivity index (χ3n) is 8.05. The maximum Gasteiger partial charge on any atom is 0.288 e. The van der Waals surface area contributed by atoms with Crippen LogP contribution in [0, 0.1) is 10.1 Å². The number of nitro benzene ring substituents is 1. The van der Waals surface area contributed by atoms with Crippen molar-refractivity contribution in [3.8, 4) is 17.1 Å². The molecular weight excluding hydrogens is 628 g/mol. The number of furan rings is 1. The standard InChI is InChI=1S/C34H29ClN4O6S/c1-5-37(6-2)33(41)29-19(3)36-34-38(31(29)30-23-10-8-7-9-20(23)12-15-27(30)44-4)32(40)28(46-34)18-22-13-16-26(45-22)21-11-14-24(35)25(17-21)39(42)43/h7-18,31H,5-6H2,1-4H3/b28-18+/t31-/m1/s1. The lowest BCUT2D eigenvalue weighted by Crippen LogP contribution is -2.43. The molecule has 2 aromatic heterocycles. The molecule has 0 saturated carbocycles. The second-order valence-corrected chi connectivity index (χ2v) is 12.0. The third-order valence-corrected chi connectivity index (χ3v) is 9.36. The molecule has 0 fully saturated rings. The molecule has 0 spiro atoms. The highest BCUT2D eigenvalue weighted by Crippen LogP contribution is 2.40. The fourth-order valence-electron chi connectivity index (χ4n) is 5.81. The van der Waals surface area contributed by atoms with Crippen molar-refractivity contribution in [3.63, 3.8) is 0 Å². The second-order valence-electron chi connectivity index (χ2n) is 10.6. The minimum Gasteiger partial charge on any atom is -0.496 e. The van der Waals surface area contributed by atoms with E-state index >= 15 is 0 Å². The first kappa shape index (κ1) is 31.0. The fraction of sp³-hybridized carbons (Fsp3) is 0.206. The maximum atomic E-state index is 14.3. The van der Waals surface area contributed by atoms with Gasteiger partial charge in [-0.2, -0.15) is 0 Å². The highest BCUT2D eigenvalue weighted by molar-refractivity contribution is 7.07. The van der Waals surface area contributed by atoms with Crippen LogP contribution in [-0.2, 0) is 4.79 Å². The van der Waals surface area contributed by atoms with Crippen molar-refractivity contribution < 1.29 is 18.9 Å². The van der Waals surface area contributed by atoms with Gasteiger partial charge in [0, 0.05) is 36.4 Å². The Labute approximate surface area is 272 Å². The van der Waals surface area contributed by atoms with Gasteiger partial charge in [-0.05, 0) is 61.9 Å². The number of halogens is 1. The molecule has 234 valence electrons. The number of amides is 1. The average Bonchev–Trinajstić information content (AvgIpc) is 3.64. The van der Waals surface area contributed by atoms with E-state index in [9.17, 15) is 19.7 Å². The van der Waals surface area contributed by atoms with Gasteiger partial charge in [0.15, 0.2) is 4.80 Å². The van der Waals surface area contributed by atoms with E-state index in [-0.39, 0.29) is 22.2 Å². The van der Waals surface area contributed by atoms with Crippen molar-refractivity contribution in [1.82, 2.24) is 9.47 Å². The van der Waals surface area contributed by atoms with Gasteiger partial charge < -0.3 is 14.1 Å². The number of allylic oxidation sites excluding steroid dienone is 1. The number of rotatable bonds is 8. The summed E-state index contributed by atoms with van der Waals surface area (Å²) in [6.45, 7) is 6.61. The van der Waals surface area contributed by atoms with Crippen molar-refractivity contribution in [2.45, 2.75) is 26.8 Å². The zero-order valence-corrected chi connectivity index (χ0v) is 27.0. The lowest BCUT2D eigenvalue weighted by molar-refractivity contribution is -0.384. The Morgan fingerprint density at radius 2 is 1.91 bits per heavy atom. The smallest absolute Gasteiger partial charge is 0.288 e. The third kappa shape index (κ3) is 5.31. The van der Waals surface area contributed by atoms with Gasteiger partial charge in [0.25, 0.3) is 17.2 Å². The SMILES string of the molecule is CCN(CC)C(=O)C1=C(C)N=c2s/c(=C/c3ccc(-c4ccc(Cl)c([N+](=O)[O-])c4)o3)c(=O)n2[C@H]1c1c(OC)ccc2ccccc12. The molecule has 1 atom stereocenters. The molecule has 10 nitrogen and oxygen atoms in total. The predicted molar refractivity (Wildman–Crippen MR) is 178 cm³/mol. The molecule has 1 aliphatic rings. The number of hydrogen-bond donors (Lipinski definition) is 0. The second kappa shape index (κ2) is 12.4. The van der Waals surface area contributed by atoms with E-state index < -0.39 is 11.0 Å². The van der Waals surface area contributed by atoms with Gasteiger partial charge in [-0.3, -0.25) is 24.3 Å². The van der Waals surface area contributed by atoms with E-state index in [1.165, 1.54) is 23.5 Å². The van der Waals surface area contributed by atoms with Gasteiger partial charge in [-0.1, -0.05) is 53.3 Å². The summed E-state index contributed by atoms with van der Waals surface area (Å²) in [6.07, 6.45) is 1.61. The molecule has 5 aromatic rings. The maximum absolute atomic E-state index is 14.3. The summed E-state index contributed by atoms with van der Waals surface area (Å²) in [6, 6.07) is 18.6. The molecule has 12 heteroatoms. The van der Waals surface area contributed by atoms with Crippen LogP contribution in [0.3, 0.4) is 0 Å². The number of nitro groups is 1. The van der Waals surface area contributed by atoms with Crippen molar-refractivity contribution in [2.24, 2.45) is 4.99 Å². The summed E-state index contributed by atoms with van der Waals surface area (Å²) in [5, 5.41) is 13.2. The Bertz CT molecular complexity index is 2250. The molecule has 0 aliphatic carbocycles. The van der Waals surface area contributed by atoms with E-state index in [1.807, 2.05) is 50.2 Å². The van der Waals surface area contributed by atoms with Crippen molar-refractivity contribution in [3.05, 3.63) is 124 Å². The normalized spacial score (nSPS) is 14.7. The summed E-state index contributed by atoms with van der Waals surface area (Å²) in [5.41, 5.74) is 1.51. The minimum absolute atomic E-state index is 0.0214. The molecule has 0 radical (unpaired) electrons. The summed E-state index contributed by atoms with van der Waals surface area (Å²) < 4.78 is 13.8. The lowest BCUT2D eigenvalue weighted by atomic mass is 9.90. The first-order valence-corrected chi connectivity index (χ1v) is 15.8. The first-order chi connectivity index (χ1) is 22.2. The number of fused-ring (bicyclic) bond motifs is 2. The molecule has 1 amide bonds. The van der Waals surface area contributed by atoms with E-state index in [0.717, 1.165) is 10.8 Å². The topological polar surface area (TPSA) is 120 Å². The number of aromatic nitrogens is 1. The highest BCUT2D eigenvalue weighted by atomic mass is 35.5. The Morgan fingerprint density at radius 3 is 2.63 bits per heavy atom. The largest absolute Gasteiger partial charge is 0.496 e. The monoisotopic (exact) mass is 656 g/mol. The zero-order valence-electron chi connectivity index (χ0n) is 25.4. The highest BCUT2D eigenvalue weighted by Gasteiger charge is 2.36. The van der Waals surface area contributed by atoms with Gasteiger partial charge in [0.05, 0.1) is 27.8 Å². The van der Waals surface area contributed by atoms with Crippen LogP contribution in [0.1, 0.15) is 38.1 Å². The van der Waals surface area contributed by atoms with Crippen LogP contribution in [0.4, 0.5) is 5.69 Å². The van der Waals surface area contributed by atoms with E-state index in [4.69, 9.17) is 25.7 Å². The van der Waals surface area contributed by atoms with Gasteiger partial charge in [0.2, 0.25) is 0 Å². The summed E-state index contributed by atoms with van der Waals surface area (Å²) >= 11 is 7.17. The molecular formula is C34H29ClN4O6S. The van der Waals surface area contributed by atoms with E-state index in [0.29, 0.717) is 62.1 Å². The molecule has 6 rings (SSSR count). The molecule has 0 N–H and O–H groups in total. The Hall–Kier alpha value is -5.00. The van der Waals surface area contributed by atoms with E-state index in [2.05, 4.69) is 0 Å². The number of ether oxygens (including phenoxy) is 1. The number of hydrogen-bond acceptors (Lipinski definition) is 8. The fourth-order valence-corrected chi connectivity index (χ4v) is 7.02. The summed E-state index contributed by atoms with van der Waals surface area (Å²) in [7, 11) is 1.57. The van der Waals surface area contributed by atoms with Crippen LogP contribution >= 0.6 is 22.9 Å². The van der Waals surface area contributed by atoms with Crippen molar-refractivity contribution >= 4 is 51.4 Å². The van der Waals surface area contributed by atoms with Gasteiger partial charge >= 0.3 is 0 Å². The Kier molecular flexibility index (Phi) is 8.37. The summed E-state index contributed by atoms with van der Waals surface area (Å²) in [5.74, 6) is 1.09. The summed E-state index contributed by atoms with van der Waals surface area (Å²) in [4.78, 5) is 46.2. The van der Waals surface area contributed by atoms with Crippen LogP contribution in [0.5, 0.6) is 5.75 Å². The van der Waals surface area contributed by atoms with E-state index in [1.54, 1.807) is 47.8 Å². The van der Waals surface area contributed by atoms with Gasteiger partial charge in [0.1, 0.15) is 28.3 Å². The lowest BCUT2D eigenvalue weighted by Gasteiger charge is -2.30. The van der Waals surface area contributed by atoms with Gasteiger partial charge in [-0.25, -0.2) is 4.99 Å². The van der Waals surface area contributed by atoms with Crippen molar-refractivity contribution in [2.75, 3.05) is 20.2 Å². The van der Waals surface area contributed by atoms with Crippen LogP contribution in [0.2, 0.25) is 5.02 Å². The predicted octanol–water partition coefficient (Wildman–Crippen LogP) is 6.09. The number of nitrogens with zero attached hydrogens (tertiary/aromatic N) is 4. The molecule has 1 aliphatic heterocycles. The van der Waals surface area contributed by atoms with Crippen molar-refractivity contribution in [1.29, 1.82) is 0 Å². The Balaban J connectivity index is 1.55. The minimum atomic E-state index is -0.811. The molecule has 0 bridgehead atoms. The van der Waals surface area contributed by atoms with Crippen LogP contribution in [-0.4, -0.2) is 40.5 Å². The number of benzene rings is 3. The molecule has 3 aromatic carbocycles. The molecule has 46 heavy (non-hydrogen) atoms. The molecule has 0 unspecified atom stereocenters. The van der Waals surface area contributed by atoms with Crippen LogP contribution in [0.25, 0.3) is 28.2 Å². The van der Waals surface area contributed by atoms with Gasteiger partial charge in [-0.15, -0.1) is 0 Å². The van der Waals surface area contributed by atoms with Crippen LogP contribution < -0.4 is 19.6 Å². The number of carbonyl (C=O) groups excluding carboxylic acids is 1. The number of methoxy groups -OCH3 is 1. The molecule has 3 heterocycles. The number of carbonyl (C=O) groups is 1. The number of thiazole rings is 1. The number of likely N-dealkylation sites (N-methyl/N-ethyl adjacent to an activating group) is 1. The first-order valence-electron chi connectivity index (χ1n) is 14.6. The zero-order chi connectivity index (χ0) is 32.7. The Morgan fingerprint density at radius 1 is 1.15 bits per heavy atom. The average molecular weight is 657 g/mol. The van der Waals surface area contributed by atoms with Crippen LogP contribution in [0.15, 0.2) is 92.2 Å².